The Hall–Kier alpha value is -9.17. The highest BCUT2D eigenvalue weighted by molar-refractivity contribution is 6.16. The maximum Gasteiger partial charge on any atom is 0.221 e. The lowest BCUT2D eigenvalue weighted by molar-refractivity contribution is -0.430. The van der Waals surface area contributed by atoms with Gasteiger partial charge >= 0.3 is 0 Å². The van der Waals surface area contributed by atoms with Crippen molar-refractivity contribution in [2.24, 2.45) is 0 Å². The molecule has 10 aromatic rings. The molecule has 0 aliphatic carbocycles. The molecule has 76 heavy (non-hydrogen) atoms. The van der Waals surface area contributed by atoms with Crippen molar-refractivity contribution < 1.29 is 4.58 Å². The third-order valence-corrected chi connectivity index (χ3v) is 14.2. The predicted molar refractivity (Wildman–Crippen MR) is 327 cm³/mol. The van der Waals surface area contributed by atoms with Crippen LogP contribution in [0.25, 0.3) is 77.9 Å². The monoisotopic (exact) mass is 979 g/mol. The van der Waals surface area contributed by atoms with Gasteiger partial charge in [-0.15, -0.1) is 0 Å². The lowest BCUT2D eigenvalue weighted by atomic mass is 9.85. The Labute approximate surface area is 451 Å². The second kappa shape index (κ2) is 23.8. The predicted octanol–water partition coefficient (Wildman–Crippen LogP) is 20.0. The Morgan fingerprint density at radius 3 is 0.961 bits per heavy atom. The lowest BCUT2D eigenvalue weighted by Gasteiger charge is -2.18. The first-order valence-electron chi connectivity index (χ1n) is 26.6. The van der Waals surface area contributed by atoms with E-state index in [9.17, 15) is 0 Å². The molecular weight excluding hydrogens is 915 g/mol. The van der Waals surface area contributed by atoms with Gasteiger partial charge in [-0.05, 0) is 121 Å². The zero-order valence-electron chi connectivity index (χ0n) is 44.3. The molecular formula is C75H64N+. The minimum absolute atomic E-state index is 1.14. The molecule has 0 saturated heterocycles. The van der Waals surface area contributed by atoms with E-state index in [1.165, 1.54) is 89.9 Å². The van der Waals surface area contributed by atoms with Gasteiger partial charge in [0.15, 0.2) is 0 Å². The van der Waals surface area contributed by atoms with Crippen molar-refractivity contribution in [2.75, 3.05) is 7.05 Å². The molecule has 0 saturated carbocycles. The first-order chi connectivity index (χ1) is 37.4. The number of allylic oxidation sites excluding steroid dienone is 7. The van der Waals surface area contributed by atoms with Gasteiger partial charge in [0.1, 0.15) is 7.05 Å². The zero-order chi connectivity index (χ0) is 52.2. The van der Waals surface area contributed by atoms with E-state index in [4.69, 9.17) is 0 Å². The lowest BCUT2D eigenvalue weighted by Crippen LogP contribution is -2.13. The molecule has 0 fully saturated rings. The van der Waals surface area contributed by atoms with Crippen LogP contribution < -0.4 is 0 Å². The minimum Gasteiger partial charge on any atom is -0.194 e. The Kier molecular flexibility index (Phi) is 15.8. The summed E-state index contributed by atoms with van der Waals surface area (Å²) in [7, 11) is 2.24. The second-order valence-electron chi connectivity index (χ2n) is 19.5. The van der Waals surface area contributed by atoms with Crippen LogP contribution in [0.5, 0.6) is 0 Å². The molecule has 0 aromatic heterocycles. The van der Waals surface area contributed by atoms with Crippen LogP contribution in [0, 0.1) is 0 Å². The molecule has 1 aliphatic heterocycles. The fourth-order valence-electron chi connectivity index (χ4n) is 10.2. The fourth-order valence-corrected chi connectivity index (χ4v) is 10.2. The van der Waals surface area contributed by atoms with E-state index in [-0.39, 0.29) is 0 Å². The van der Waals surface area contributed by atoms with Gasteiger partial charge in [-0.1, -0.05) is 287 Å². The number of likely N-dealkylation sites (N-methyl/N-ethyl adjacent to an activating group) is 1. The van der Waals surface area contributed by atoms with Gasteiger partial charge < -0.3 is 0 Å². The van der Waals surface area contributed by atoms with Crippen LogP contribution in [0.2, 0.25) is 0 Å². The van der Waals surface area contributed by atoms with Crippen molar-refractivity contribution >= 4 is 28.0 Å². The quantitative estimate of drug-likeness (QED) is 0.0848. The normalized spacial score (nSPS) is 13.3. The van der Waals surface area contributed by atoms with E-state index < -0.39 is 0 Å². The maximum absolute atomic E-state index is 2.43. The molecule has 0 N–H and O–H groups in total. The van der Waals surface area contributed by atoms with Crippen LogP contribution in [0.3, 0.4) is 0 Å². The molecule has 1 heterocycles. The van der Waals surface area contributed by atoms with Gasteiger partial charge in [0.25, 0.3) is 0 Å². The van der Waals surface area contributed by atoms with Crippen molar-refractivity contribution in [1.82, 2.24) is 0 Å². The summed E-state index contributed by atoms with van der Waals surface area (Å²) in [6.07, 6.45) is 6.06. The Morgan fingerprint density at radius 2 is 0.605 bits per heavy atom. The van der Waals surface area contributed by atoms with E-state index in [0.717, 1.165) is 39.2 Å². The molecule has 0 spiro atoms. The summed E-state index contributed by atoms with van der Waals surface area (Å²) in [4.78, 5) is 0. The topological polar surface area (TPSA) is 3.01 Å². The Balaban J connectivity index is 0.00000214. The van der Waals surface area contributed by atoms with E-state index in [2.05, 4.69) is 324 Å². The van der Waals surface area contributed by atoms with Crippen LogP contribution >= 0.6 is 0 Å². The molecule has 1 heteroatoms. The van der Waals surface area contributed by atoms with Crippen LogP contribution in [0.15, 0.2) is 296 Å². The SMILES string of the molecule is CC(=C(\C=C(/C)c1ccc(-c2ccccc2)cc1)c1ccc(-c2ccccc2)cc1)/C(=C1/C(c2ccc(-c3ccccc3)cc2)=CC(c2ccc(-c3ccccc3)cc2)=[N+]1C)c1ccc(-c2ccccc2)cc1.CCC. The minimum atomic E-state index is 1.14. The van der Waals surface area contributed by atoms with Crippen molar-refractivity contribution in [3.8, 4) is 55.6 Å². The highest BCUT2D eigenvalue weighted by atomic mass is 15.0. The van der Waals surface area contributed by atoms with E-state index in [1.807, 2.05) is 0 Å². The van der Waals surface area contributed by atoms with Crippen LogP contribution in [0.4, 0.5) is 0 Å². The van der Waals surface area contributed by atoms with Gasteiger partial charge in [0, 0.05) is 11.6 Å². The number of hydrogen-bond acceptors (Lipinski definition) is 0. The van der Waals surface area contributed by atoms with Gasteiger partial charge in [-0.3, -0.25) is 0 Å². The number of benzene rings is 10. The van der Waals surface area contributed by atoms with Crippen molar-refractivity contribution in [3.63, 3.8) is 0 Å². The summed E-state index contributed by atoms with van der Waals surface area (Å²) < 4.78 is 2.43. The van der Waals surface area contributed by atoms with Gasteiger partial charge in [0.2, 0.25) is 11.4 Å². The number of nitrogens with zero attached hydrogens (tertiary/aromatic N) is 1. The van der Waals surface area contributed by atoms with Crippen molar-refractivity contribution in [1.29, 1.82) is 0 Å². The zero-order valence-corrected chi connectivity index (χ0v) is 44.3. The molecule has 0 bridgehead atoms. The average Bonchev–Trinajstić information content (AvgIpc) is 3.88. The molecule has 0 atom stereocenters. The van der Waals surface area contributed by atoms with E-state index in [0.29, 0.717) is 0 Å². The van der Waals surface area contributed by atoms with Crippen LogP contribution in [-0.2, 0) is 0 Å². The van der Waals surface area contributed by atoms with Gasteiger partial charge in [-0.25, -0.2) is 0 Å². The standard InChI is InChI=1S/C72H56N.C3H8/c1-51(53-29-31-59(32-30-53)54-19-9-4-10-20-54)49-68(64-41-33-60(34-42-64)55-21-11-5-12-22-55)52(2)71(67-47-39-63(40-48-67)58-27-17-8-18-28-58)72-69(65-43-35-61(36-44-65)56-23-13-6-14-24-56)50-70(73(72)3)66-45-37-62(38-46-66)57-25-15-7-16-26-57;1-3-2/h4-50H,1-3H3;3H2,1-2H3/q+1;/b51-49+,68-52-,72-71+;. The smallest absolute Gasteiger partial charge is 0.194 e. The summed E-state index contributed by atoms with van der Waals surface area (Å²) in [6, 6.07) is 98.7. The molecule has 1 aliphatic rings. The van der Waals surface area contributed by atoms with Crippen LogP contribution in [-0.4, -0.2) is 17.3 Å². The highest BCUT2D eigenvalue weighted by Crippen LogP contribution is 2.43. The summed E-state index contributed by atoms with van der Waals surface area (Å²) in [5, 5.41) is 0. The molecule has 11 rings (SSSR count). The van der Waals surface area contributed by atoms with Crippen LogP contribution in [0.1, 0.15) is 61.9 Å². The second-order valence-corrected chi connectivity index (χ2v) is 19.5. The number of hydrogen-bond donors (Lipinski definition) is 0. The van der Waals surface area contributed by atoms with Gasteiger partial charge in [-0.2, -0.15) is 4.58 Å². The fraction of sp³-hybridized carbons (Fsp3) is 0.0800. The van der Waals surface area contributed by atoms with Gasteiger partial charge in [0.05, 0.1) is 11.1 Å². The summed E-state index contributed by atoms with van der Waals surface area (Å²) in [5.74, 6) is 0. The number of rotatable bonds is 12. The summed E-state index contributed by atoms with van der Waals surface area (Å²) >= 11 is 0. The average molecular weight is 979 g/mol. The van der Waals surface area contributed by atoms with E-state index >= 15 is 0 Å². The Bertz CT molecular complexity index is 3690. The molecule has 10 aromatic carbocycles. The largest absolute Gasteiger partial charge is 0.221 e. The first-order valence-corrected chi connectivity index (χ1v) is 26.6. The van der Waals surface area contributed by atoms with Crippen molar-refractivity contribution in [2.45, 2.75) is 34.1 Å². The first kappa shape index (κ1) is 50.4. The molecule has 0 amide bonds. The summed E-state index contributed by atoms with van der Waals surface area (Å²) in [6.45, 7) is 8.82. The summed E-state index contributed by atoms with van der Waals surface area (Å²) in [5.41, 5.74) is 25.9. The van der Waals surface area contributed by atoms with Crippen molar-refractivity contribution in [3.05, 3.63) is 324 Å². The third-order valence-electron chi connectivity index (χ3n) is 14.2. The molecule has 368 valence electrons. The Morgan fingerprint density at radius 1 is 0.329 bits per heavy atom. The molecule has 1 nitrogen and oxygen atoms in total. The third kappa shape index (κ3) is 11.3. The van der Waals surface area contributed by atoms with E-state index in [1.54, 1.807) is 0 Å². The maximum atomic E-state index is 2.43. The molecule has 0 unspecified atom stereocenters. The molecule has 0 radical (unpaired) electrons. The highest BCUT2D eigenvalue weighted by Gasteiger charge is 2.34.